The van der Waals surface area contributed by atoms with Gasteiger partial charge in [-0.25, -0.2) is 4.68 Å². The van der Waals surface area contributed by atoms with Crippen LogP contribution in [0.15, 0.2) is 59.8 Å². The van der Waals surface area contributed by atoms with E-state index in [9.17, 15) is 9.59 Å². The number of aromatic nitrogens is 4. The zero-order valence-corrected chi connectivity index (χ0v) is 16.4. The first-order valence-corrected chi connectivity index (χ1v) is 9.56. The number of thioether (sulfide) groups is 1. The van der Waals surface area contributed by atoms with Crippen molar-refractivity contribution in [3.05, 3.63) is 65.7 Å². The van der Waals surface area contributed by atoms with Crippen molar-refractivity contribution in [1.29, 1.82) is 0 Å². The summed E-state index contributed by atoms with van der Waals surface area (Å²) in [6.07, 6.45) is 0. The number of benzene rings is 2. The Morgan fingerprint density at radius 2 is 1.79 bits per heavy atom. The molecule has 3 aromatic rings. The summed E-state index contributed by atoms with van der Waals surface area (Å²) in [4.78, 5) is 25.6. The van der Waals surface area contributed by atoms with Crippen LogP contribution in [0.2, 0.25) is 0 Å². The van der Waals surface area contributed by atoms with Gasteiger partial charge in [0.2, 0.25) is 11.1 Å². The molecule has 0 spiro atoms. The van der Waals surface area contributed by atoms with E-state index in [2.05, 4.69) is 20.8 Å². The van der Waals surface area contributed by atoms with Crippen LogP contribution < -0.4 is 5.32 Å². The lowest BCUT2D eigenvalue weighted by atomic mass is 10.2. The normalized spacial score (nSPS) is 10.5. The topological polar surface area (TPSA) is 93.0 Å². The van der Waals surface area contributed by atoms with E-state index in [4.69, 9.17) is 0 Å². The van der Waals surface area contributed by atoms with Gasteiger partial charge < -0.3 is 10.2 Å². The monoisotopic (exact) mass is 396 g/mol. The Bertz CT molecular complexity index is 941. The average Bonchev–Trinajstić information content (AvgIpc) is 3.14. The molecule has 3 rings (SSSR count). The van der Waals surface area contributed by atoms with Gasteiger partial charge in [0.1, 0.15) is 0 Å². The minimum absolute atomic E-state index is 0.0846. The molecule has 1 heterocycles. The maximum Gasteiger partial charge on any atom is 0.253 e. The van der Waals surface area contributed by atoms with Crippen LogP contribution >= 0.6 is 11.8 Å². The number of amides is 2. The largest absolute Gasteiger partial charge is 0.345 e. The predicted octanol–water partition coefficient (Wildman–Crippen LogP) is 2.15. The minimum atomic E-state index is -0.175. The standard InChI is InChI=1S/C19H20N6O2S/c1-24(2)18(27)15-8-10-16(11-9-15)20-17(26)13-28-19-21-22-23-25(19)12-14-6-4-3-5-7-14/h3-11H,12-13H2,1-2H3,(H,20,26). The molecule has 144 valence electrons. The van der Waals surface area contributed by atoms with Gasteiger partial charge in [0, 0.05) is 25.3 Å². The van der Waals surface area contributed by atoms with Crippen LogP contribution in [0.4, 0.5) is 5.69 Å². The molecule has 2 amide bonds. The quantitative estimate of drug-likeness (QED) is 0.615. The summed E-state index contributed by atoms with van der Waals surface area (Å²) in [5.74, 6) is -0.0855. The first-order valence-electron chi connectivity index (χ1n) is 8.57. The van der Waals surface area contributed by atoms with Crippen LogP contribution in [-0.2, 0) is 11.3 Å². The third-order valence-electron chi connectivity index (χ3n) is 3.83. The third kappa shape index (κ3) is 5.17. The molecule has 0 saturated heterocycles. The lowest BCUT2D eigenvalue weighted by molar-refractivity contribution is -0.113. The van der Waals surface area contributed by atoms with Crippen LogP contribution in [0.5, 0.6) is 0 Å². The number of hydrogen-bond acceptors (Lipinski definition) is 6. The molecule has 0 radical (unpaired) electrons. The zero-order chi connectivity index (χ0) is 19.9. The van der Waals surface area contributed by atoms with Gasteiger partial charge in [-0.3, -0.25) is 9.59 Å². The van der Waals surface area contributed by atoms with Crippen molar-refractivity contribution in [3.63, 3.8) is 0 Å². The first kappa shape index (κ1) is 19.6. The third-order valence-corrected chi connectivity index (χ3v) is 4.79. The van der Waals surface area contributed by atoms with Crippen molar-refractivity contribution in [2.45, 2.75) is 11.7 Å². The van der Waals surface area contributed by atoms with Gasteiger partial charge >= 0.3 is 0 Å². The van der Waals surface area contributed by atoms with Crippen molar-refractivity contribution >= 4 is 29.3 Å². The fourth-order valence-electron chi connectivity index (χ4n) is 2.44. The van der Waals surface area contributed by atoms with Crippen LogP contribution in [0.25, 0.3) is 0 Å². The maximum atomic E-state index is 12.2. The SMILES string of the molecule is CN(C)C(=O)c1ccc(NC(=O)CSc2nnnn2Cc2ccccc2)cc1. The van der Waals surface area contributed by atoms with Crippen LogP contribution in [0.3, 0.4) is 0 Å². The summed E-state index contributed by atoms with van der Waals surface area (Å²) in [7, 11) is 3.39. The second-order valence-electron chi connectivity index (χ2n) is 6.22. The van der Waals surface area contributed by atoms with E-state index < -0.39 is 0 Å². The molecule has 0 unspecified atom stereocenters. The molecular weight excluding hydrogens is 376 g/mol. The fraction of sp³-hybridized carbons (Fsp3) is 0.211. The Kier molecular flexibility index (Phi) is 6.38. The molecule has 2 aromatic carbocycles. The second-order valence-corrected chi connectivity index (χ2v) is 7.16. The second kappa shape index (κ2) is 9.14. The zero-order valence-electron chi connectivity index (χ0n) is 15.6. The molecule has 0 aliphatic carbocycles. The van der Waals surface area contributed by atoms with Crippen LogP contribution in [-0.4, -0.2) is 56.8 Å². The van der Waals surface area contributed by atoms with Crippen molar-refractivity contribution in [2.24, 2.45) is 0 Å². The Labute approximate surface area is 166 Å². The van der Waals surface area contributed by atoms with Gasteiger partial charge in [0.15, 0.2) is 0 Å². The molecular formula is C19H20N6O2S. The van der Waals surface area contributed by atoms with Crippen molar-refractivity contribution in [1.82, 2.24) is 25.1 Å². The molecule has 28 heavy (non-hydrogen) atoms. The Balaban J connectivity index is 1.54. The lowest BCUT2D eigenvalue weighted by Gasteiger charge is -2.11. The summed E-state index contributed by atoms with van der Waals surface area (Å²) in [5, 5.41) is 15.0. The Hall–Kier alpha value is -3.20. The highest BCUT2D eigenvalue weighted by atomic mass is 32.2. The molecule has 1 aromatic heterocycles. The molecule has 0 fully saturated rings. The highest BCUT2D eigenvalue weighted by Crippen LogP contribution is 2.16. The maximum absolute atomic E-state index is 12.2. The molecule has 0 saturated carbocycles. The van der Waals surface area contributed by atoms with Gasteiger partial charge in [0.05, 0.1) is 12.3 Å². The lowest BCUT2D eigenvalue weighted by Crippen LogP contribution is -2.21. The molecule has 0 atom stereocenters. The van der Waals surface area contributed by atoms with E-state index in [1.54, 1.807) is 43.0 Å². The van der Waals surface area contributed by atoms with E-state index in [0.29, 0.717) is 23.0 Å². The van der Waals surface area contributed by atoms with Crippen LogP contribution in [0, 0.1) is 0 Å². The van der Waals surface area contributed by atoms with E-state index in [-0.39, 0.29) is 17.6 Å². The first-order chi connectivity index (χ1) is 13.5. The van der Waals surface area contributed by atoms with Crippen molar-refractivity contribution in [2.75, 3.05) is 25.2 Å². The van der Waals surface area contributed by atoms with Gasteiger partial charge in [-0.2, -0.15) is 0 Å². The smallest absolute Gasteiger partial charge is 0.253 e. The van der Waals surface area contributed by atoms with E-state index in [1.807, 2.05) is 30.3 Å². The van der Waals surface area contributed by atoms with Gasteiger partial charge in [-0.05, 0) is 40.3 Å². The van der Waals surface area contributed by atoms with Gasteiger partial charge in [-0.1, -0.05) is 42.1 Å². The summed E-state index contributed by atoms with van der Waals surface area (Å²) >= 11 is 1.27. The number of hydrogen-bond donors (Lipinski definition) is 1. The Morgan fingerprint density at radius 1 is 1.07 bits per heavy atom. The van der Waals surface area contributed by atoms with Crippen molar-refractivity contribution < 1.29 is 9.59 Å². The number of anilines is 1. The molecule has 1 N–H and O–H groups in total. The van der Waals surface area contributed by atoms with Gasteiger partial charge in [-0.15, -0.1) is 5.10 Å². The summed E-state index contributed by atoms with van der Waals surface area (Å²) in [5.41, 5.74) is 2.27. The van der Waals surface area contributed by atoms with E-state index in [0.717, 1.165) is 5.56 Å². The number of carbonyl (C=O) groups is 2. The molecule has 0 aliphatic rings. The Morgan fingerprint density at radius 3 is 2.46 bits per heavy atom. The minimum Gasteiger partial charge on any atom is -0.345 e. The molecule has 8 nitrogen and oxygen atoms in total. The molecule has 0 aliphatic heterocycles. The number of nitrogens with zero attached hydrogens (tertiary/aromatic N) is 5. The number of rotatable bonds is 7. The highest BCUT2D eigenvalue weighted by Gasteiger charge is 2.12. The number of carbonyl (C=O) groups excluding carboxylic acids is 2. The summed E-state index contributed by atoms with van der Waals surface area (Å²) in [6.45, 7) is 0.541. The predicted molar refractivity (Wildman–Crippen MR) is 107 cm³/mol. The fourth-order valence-corrected chi connectivity index (χ4v) is 3.11. The number of tetrazole rings is 1. The van der Waals surface area contributed by atoms with Gasteiger partial charge in [0.25, 0.3) is 5.91 Å². The molecule has 0 bridgehead atoms. The van der Waals surface area contributed by atoms with E-state index in [1.165, 1.54) is 16.7 Å². The average molecular weight is 396 g/mol. The highest BCUT2D eigenvalue weighted by molar-refractivity contribution is 7.99. The van der Waals surface area contributed by atoms with E-state index >= 15 is 0 Å². The number of nitrogens with one attached hydrogen (secondary N) is 1. The summed E-state index contributed by atoms with van der Waals surface area (Å²) in [6, 6.07) is 16.6. The molecule has 9 heteroatoms. The van der Waals surface area contributed by atoms with Crippen molar-refractivity contribution in [3.8, 4) is 0 Å². The van der Waals surface area contributed by atoms with Crippen LogP contribution in [0.1, 0.15) is 15.9 Å². The summed E-state index contributed by atoms with van der Waals surface area (Å²) < 4.78 is 1.66.